The largest absolute Gasteiger partial charge is 0.496 e. The number of carbonyl (C=O) groups excluding carboxylic acids is 3. The second kappa shape index (κ2) is 13.8. The van der Waals surface area contributed by atoms with Crippen molar-refractivity contribution in [2.75, 3.05) is 27.9 Å². The van der Waals surface area contributed by atoms with Crippen LogP contribution in [0.4, 0.5) is 4.39 Å². The van der Waals surface area contributed by atoms with Crippen molar-refractivity contribution in [3.63, 3.8) is 0 Å². The lowest BCUT2D eigenvalue weighted by atomic mass is 9.82. The Morgan fingerprint density at radius 3 is 2.27 bits per heavy atom. The van der Waals surface area contributed by atoms with Gasteiger partial charge in [0.05, 0.1) is 38.3 Å². The van der Waals surface area contributed by atoms with Crippen LogP contribution in [0.5, 0.6) is 11.5 Å². The zero-order chi connectivity index (χ0) is 29.4. The first-order valence-electron chi connectivity index (χ1n) is 13.6. The van der Waals surface area contributed by atoms with E-state index in [1.807, 2.05) is 0 Å². The van der Waals surface area contributed by atoms with Crippen molar-refractivity contribution in [3.8, 4) is 28.4 Å². The molecule has 4 rings (SSSR count). The van der Waals surface area contributed by atoms with Gasteiger partial charge in [-0.05, 0) is 61.2 Å². The van der Waals surface area contributed by atoms with Crippen molar-refractivity contribution in [3.05, 3.63) is 60.0 Å². The molecular formula is C30H35FN4O6. The van der Waals surface area contributed by atoms with Gasteiger partial charge < -0.3 is 24.8 Å². The van der Waals surface area contributed by atoms with Crippen LogP contribution in [-0.2, 0) is 14.3 Å². The van der Waals surface area contributed by atoms with Gasteiger partial charge in [0.15, 0.2) is 5.69 Å². The summed E-state index contributed by atoms with van der Waals surface area (Å²) >= 11 is 0. The molecule has 41 heavy (non-hydrogen) atoms. The zero-order valence-electron chi connectivity index (χ0n) is 23.4. The lowest BCUT2D eigenvalue weighted by Gasteiger charge is -2.30. The first-order chi connectivity index (χ1) is 19.8. The topological polar surface area (TPSA) is 121 Å². The van der Waals surface area contributed by atoms with E-state index in [0.29, 0.717) is 28.4 Å². The molecule has 1 atom stereocenters. The van der Waals surface area contributed by atoms with E-state index in [4.69, 9.17) is 9.47 Å². The Kier molecular flexibility index (Phi) is 9.94. The number of esters is 1. The molecule has 1 aliphatic carbocycles. The third kappa shape index (κ3) is 7.22. The molecule has 1 fully saturated rings. The number of aromatic nitrogens is 2. The Labute approximate surface area is 238 Å². The van der Waals surface area contributed by atoms with Gasteiger partial charge >= 0.3 is 5.97 Å². The van der Waals surface area contributed by atoms with Crippen LogP contribution >= 0.6 is 0 Å². The van der Waals surface area contributed by atoms with Gasteiger partial charge in [0.1, 0.15) is 23.9 Å². The van der Waals surface area contributed by atoms with Gasteiger partial charge in [-0.15, -0.1) is 0 Å². The lowest BCUT2D eigenvalue weighted by Crippen LogP contribution is -2.45. The molecule has 2 N–H and O–H groups in total. The Hall–Kier alpha value is -4.41. The molecule has 1 heterocycles. The molecule has 0 saturated heterocycles. The fraction of sp³-hybridized carbons (Fsp3) is 0.400. The molecule has 2 amide bonds. The smallest absolute Gasteiger partial charge is 0.325 e. The molecule has 11 heteroatoms. The predicted octanol–water partition coefficient (Wildman–Crippen LogP) is 4.05. The number of benzene rings is 2. The van der Waals surface area contributed by atoms with Gasteiger partial charge in [-0.3, -0.25) is 14.4 Å². The molecule has 0 bridgehead atoms. The highest BCUT2D eigenvalue weighted by Crippen LogP contribution is 2.39. The predicted molar refractivity (Wildman–Crippen MR) is 150 cm³/mol. The molecule has 0 radical (unpaired) electrons. The van der Waals surface area contributed by atoms with Crippen LogP contribution in [-0.4, -0.2) is 61.5 Å². The fourth-order valence-corrected chi connectivity index (χ4v) is 5.18. The number of carbonyl (C=O) groups is 3. The van der Waals surface area contributed by atoms with Crippen molar-refractivity contribution < 1.29 is 33.0 Å². The highest BCUT2D eigenvalue weighted by molar-refractivity contribution is 5.95. The van der Waals surface area contributed by atoms with Gasteiger partial charge in [0, 0.05) is 12.5 Å². The van der Waals surface area contributed by atoms with Crippen LogP contribution in [0.3, 0.4) is 0 Å². The molecule has 3 aromatic rings. The minimum atomic E-state index is -0.553. The van der Waals surface area contributed by atoms with Crippen LogP contribution < -0.4 is 20.1 Å². The van der Waals surface area contributed by atoms with E-state index < -0.39 is 23.7 Å². The number of ether oxygens (including phenoxy) is 3. The van der Waals surface area contributed by atoms with Gasteiger partial charge in [-0.2, -0.15) is 5.10 Å². The van der Waals surface area contributed by atoms with Gasteiger partial charge in [-0.1, -0.05) is 25.3 Å². The minimum absolute atomic E-state index is 0.0132. The Morgan fingerprint density at radius 2 is 1.66 bits per heavy atom. The SMILES string of the molecule is COC(=O)CNC(=O)CC(NC(=O)c1cc(-c2c(OC)cccc2OC)n(-c2ccc(F)cc2)n1)C1CCCCC1. The molecular weight excluding hydrogens is 531 g/mol. The molecule has 2 aromatic carbocycles. The summed E-state index contributed by atoms with van der Waals surface area (Å²) in [5, 5.41) is 10.2. The molecule has 1 saturated carbocycles. The quantitative estimate of drug-likeness (QED) is 0.336. The van der Waals surface area contributed by atoms with E-state index >= 15 is 0 Å². The normalized spacial score (nSPS) is 14.1. The van der Waals surface area contributed by atoms with Crippen molar-refractivity contribution in [2.45, 2.75) is 44.6 Å². The maximum Gasteiger partial charge on any atom is 0.325 e. The Bertz CT molecular complexity index is 1350. The highest BCUT2D eigenvalue weighted by Gasteiger charge is 2.29. The van der Waals surface area contributed by atoms with Crippen LogP contribution in [0.2, 0.25) is 0 Å². The summed E-state index contributed by atoms with van der Waals surface area (Å²) in [6, 6.07) is 12.2. The molecule has 1 unspecified atom stereocenters. The zero-order valence-corrected chi connectivity index (χ0v) is 23.4. The van der Waals surface area contributed by atoms with Crippen molar-refractivity contribution in [1.82, 2.24) is 20.4 Å². The number of amides is 2. The number of rotatable bonds is 11. The number of hydrogen-bond donors (Lipinski definition) is 2. The first-order valence-corrected chi connectivity index (χ1v) is 13.6. The van der Waals surface area contributed by atoms with Crippen LogP contribution in [0.1, 0.15) is 49.0 Å². The summed E-state index contributed by atoms with van der Waals surface area (Å²) in [5.74, 6) is -0.674. The van der Waals surface area contributed by atoms with E-state index in [-0.39, 0.29) is 30.5 Å². The van der Waals surface area contributed by atoms with E-state index in [9.17, 15) is 18.8 Å². The van der Waals surface area contributed by atoms with Gasteiger partial charge in [0.25, 0.3) is 5.91 Å². The maximum atomic E-state index is 13.7. The minimum Gasteiger partial charge on any atom is -0.496 e. The van der Waals surface area contributed by atoms with Crippen LogP contribution in [0.25, 0.3) is 16.9 Å². The summed E-state index contributed by atoms with van der Waals surface area (Å²) < 4.78 is 31.1. The number of halogens is 1. The molecule has 218 valence electrons. The van der Waals surface area contributed by atoms with E-state index in [0.717, 1.165) is 32.1 Å². The number of nitrogens with one attached hydrogen (secondary N) is 2. The van der Waals surface area contributed by atoms with E-state index in [1.165, 1.54) is 38.1 Å². The summed E-state index contributed by atoms with van der Waals surface area (Å²) in [5.41, 5.74) is 1.70. The Balaban J connectivity index is 1.68. The standard InChI is InChI=1S/C30H35FN4O6/c1-39-25-10-7-11-26(40-2)29(25)24-16-23(34-35(24)21-14-12-20(31)13-15-21)30(38)33-22(19-8-5-4-6-9-19)17-27(36)32-18-28(37)41-3/h7,10-16,19,22H,4-6,8-9,17-18H2,1-3H3,(H,32,36)(H,33,38). The third-order valence-electron chi connectivity index (χ3n) is 7.30. The number of hydrogen-bond acceptors (Lipinski definition) is 7. The van der Waals surface area contributed by atoms with Crippen LogP contribution in [0.15, 0.2) is 48.5 Å². The van der Waals surface area contributed by atoms with Crippen LogP contribution in [0, 0.1) is 11.7 Å². The first kappa shape index (κ1) is 29.6. The average molecular weight is 567 g/mol. The van der Waals surface area contributed by atoms with Crippen molar-refractivity contribution >= 4 is 17.8 Å². The van der Waals surface area contributed by atoms with E-state index in [1.54, 1.807) is 36.4 Å². The number of nitrogens with zero attached hydrogens (tertiary/aromatic N) is 2. The fourth-order valence-electron chi connectivity index (χ4n) is 5.18. The summed E-state index contributed by atoms with van der Waals surface area (Å²) in [6.07, 6.45) is 4.90. The maximum absolute atomic E-state index is 13.7. The third-order valence-corrected chi connectivity index (χ3v) is 7.30. The van der Waals surface area contributed by atoms with Gasteiger partial charge in [-0.25, -0.2) is 9.07 Å². The van der Waals surface area contributed by atoms with E-state index in [2.05, 4.69) is 20.5 Å². The molecule has 1 aromatic heterocycles. The highest BCUT2D eigenvalue weighted by atomic mass is 19.1. The average Bonchev–Trinajstić information content (AvgIpc) is 3.45. The summed E-state index contributed by atoms with van der Waals surface area (Å²) in [7, 11) is 4.31. The monoisotopic (exact) mass is 566 g/mol. The molecule has 1 aliphatic rings. The second-order valence-electron chi connectivity index (χ2n) is 9.88. The van der Waals surface area contributed by atoms with Crippen molar-refractivity contribution in [1.29, 1.82) is 0 Å². The molecule has 0 spiro atoms. The van der Waals surface area contributed by atoms with Crippen molar-refractivity contribution in [2.24, 2.45) is 5.92 Å². The summed E-state index contributed by atoms with van der Waals surface area (Å²) in [6.45, 7) is -0.243. The summed E-state index contributed by atoms with van der Waals surface area (Å²) in [4.78, 5) is 37.8. The molecule has 10 nitrogen and oxygen atoms in total. The second-order valence-corrected chi connectivity index (χ2v) is 9.88. The van der Waals surface area contributed by atoms with Gasteiger partial charge in [0.2, 0.25) is 5.91 Å². The molecule has 0 aliphatic heterocycles. The number of methoxy groups -OCH3 is 3. The lowest BCUT2D eigenvalue weighted by molar-refractivity contribution is -0.141. The Morgan fingerprint density at radius 1 is 1.00 bits per heavy atom.